The van der Waals surface area contributed by atoms with Crippen LogP contribution >= 0.6 is 0 Å². The lowest BCUT2D eigenvalue weighted by molar-refractivity contribution is -0.0126. The second kappa shape index (κ2) is 6.59. The summed E-state index contributed by atoms with van der Waals surface area (Å²) in [6.45, 7) is 3.73. The summed E-state index contributed by atoms with van der Waals surface area (Å²) >= 11 is 0. The Morgan fingerprint density at radius 2 is 2.00 bits per heavy atom. The van der Waals surface area contributed by atoms with E-state index in [2.05, 4.69) is 5.10 Å². The van der Waals surface area contributed by atoms with Gasteiger partial charge in [-0.3, -0.25) is 4.79 Å². The van der Waals surface area contributed by atoms with Crippen LogP contribution in [0.15, 0.2) is 24.3 Å². The van der Waals surface area contributed by atoms with Crippen molar-refractivity contribution in [3.05, 3.63) is 47.0 Å². The number of benzene rings is 1. The molecule has 2 heterocycles. The summed E-state index contributed by atoms with van der Waals surface area (Å²) in [7, 11) is 0. The fourth-order valence-electron chi connectivity index (χ4n) is 3.72. The highest BCUT2D eigenvalue weighted by Crippen LogP contribution is 2.28. The van der Waals surface area contributed by atoms with Crippen LogP contribution in [0.1, 0.15) is 41.5 Å². The Hall–Kier alpha value is -2.21. The molecule has 0 radical (unpaired) electrons. The molecule has 6 heteroatoms. The number of amides is 1. The summed E-state index contributed by atoms with van der Waals surface area (Å²) in [6, 6.07) is 6.28. The highest BCUT2D eigenvalue weighted by Gasteiger charge is 2.30. The average molecular weight is 343 g/mol. The van der Waals surface area contributed by atoms with Crippen LogP contribution in [0.25, 0.3) is 5.69 Å². The maximum atomic E-state index is 13.3. The molecule has 0 bridgehead atoms. The van der Waals surface area contributed by atoms with Crippen molar-refractivity contribution in [3.63, 3.8) is 0 Å². The van der Waals surface area contributed by atoms with E-state index >= 15 is 0 Å². The summed E-state index contributed by atoms with van der Waals surface area (Å²) in [5.41, 5.74) is 3.49. The Balaban J connectivity index is 1.73. The molecule has 25 heavy (non-hydrogen) atoms. The molecule has 0 spiro atoms. The van der Waals surface area contributed by atoms with E-state index < -0.39 is 0 Å². The van der Waals surface area contributed by atoms with Gasteiger partial charge >= 0.3 is 0 Å². The molecule has 1 aliphatic carbocycles. The number of morpholine rings is 1. The first-order chi connectivity index (χ1) is 12.1. The molecule has 1 amide bonds. The molecule has 0 unspecified atom stereocenters. The molecule has 1 aromatic heterocycles. The predicted octanol–water partition coefficient (Wildman–Crippen LogP) is 2.75. The second-order valence-corrected chi connectivity index (χ2v) is 6.80. The molecule has 1 fully saturated rings. The van der Waals surface area contributed by atoms with Crippen LogP contribution < -0.4 is 0 Å². The Morgan fingerprint density at radius 1 is 1.24 bits per heavy atom. The van der Waals surface area contributed by atoms with Gasteiger partial charge in [0.25, 0.3) is 5.91 Å². The summed E-state index contributed by atoms with van der Waals surface area (Å²) in [4.78, 5) is 14.9. The zero-order chi connectivity index (χ0) is 17.4. The molecule has 132 valence electrons. The fraction of sp³-hybridized carbons (Fsp3) is 0.474. The summed E-state index contributed by atoms with van der Waals surface area (Å²) in [5, 5.41) is 4.65. The Labute approximate surface area is 146 Å². The smallest absolute Gasteiger partial charge is 0.274 e. The van der Waals surface area contributed by atoms with Gasteiger partial charge in [-0.1, -0.05) is 0 Å². The number of carbonyl (C=O) groups is 1. The molecule has 1 aromatic carbocycles. The molecule has 0 saturated carbocycles. The molecule has 5 nitrogen and oxygen atoms in total. The lowest BCUT2D eigenvalue weighted by atomic mass is 9.95. The third-order valence-electron chi connectivity index (χ3n) is 4.98. The van der Waals surface area contributed by atoms with Gasteiger partial charge in [0.2, 0.25) is 0 Å². The van der Waals surface area contributed by atoms with Crippen molar-refractivity contribution in [2.75, 3.05) is 19.7 Å². The first-order valence-corrected chi connectivity index (χ1v) is 8.91. The van der Waals surface area contributed by atoms with Crippen molar-refractivity contribution in [2.24, 2.45) is 0 Å². The van der Waals surface area contributed by atoms with E-state index in [-0.39, 0.29) is 17.8 Å². The minimum Gasteiger partial charge on any atom is -0.375 e. The van der Waals surface area contributed by atoms with E-state index in [0.29, 0.717) is 25.4 Å². The summed E-state index contributed by atoms with van der Waals surface area (Å²) in [5.74, 6) is -0.294. The first-order valence-electron chi connectivity index (χ1n) is 8.91. The van der Waals surface area contributed by atoms with Crippen LogP contribution in [0.5, 0.6) is 0 Å². The normalized spacial score (nSPS) is 20.4. The SMILES string of the molecule is C[C@H]1CN(C(=O)c2nn(-c3ccc(F)cc3)c3c2CCCC3)CCO1. The van der Waals surface area contributed by atoms with Gasteiger partial charge in [0, 0.05) is 24.3 Å². The number of hydrogen-bond acceptors (Lipinski definition) is 3. The van der Waals surface area contributed by atoms with E-state index in [1.54, 1.807) is 12.1 Å². The number of ether oxygens (including phenoxy) is 1. The highest BCUT2D eigenvalue weighted by molar-refractivity contribution is 5.94. The van der Waals surface area contributed by atoms with Gasteiger partial charge in [-0.25, -0.2) is 9.07 Å². The van der Waals surface area contributed by atoms with E-state index in [1.165, 1.54) is 12.1 Å². The van der Waals surface area contributed by atoms with E-state index in [9.17, 15) is 9.18 Å². The lowest BCUT2D eigenvalue weighted by Gasteiger charge is -2.31. The van der Waals surface area contributed by atoms with Gasteiger partial charge < -0.3 is 9.64 Å². The van der Waals surface area contributed by atoms with E-state index in [0.717, 1.165) is 42.6 Å². The maximum Gasteiger partial charge on any atom is 0.274 e. The number of aromatic nitrogens is 2. The molecule has 2 aromatic rings. The van der Waals surface area contributed by atoms with Gasteiger partial charge in [0.05, 0.1) is 18.4 Å². The van der Waals surface area contributed by atoms with Crippen LogP contribution in [-0.2, 0) is 17.6 Å². The van der Waals surface area contributed by atoms with Crippen molar-refractivity contribution in [1.29, 1.82) is 0 Å². The van der Waals surface area contributed by atoms with Crippen molar-refractivity contribution in [1.82, 2.24) is 14.7 Å². The molecular formula is C19H22FN3O2. The number of rotatable bonds is 2. The van der Waals surface area contributed by atoms with Crippen LogP contribution in [0, 0.1) is 5.82 Å². The predicted molar refractivity (Wildman–Crippen MR) is 91.5 cm³/mol. The number of halogens is 1. The zero-order valence-electron chi connectivity index (χ0n) is 14.4. The largest absolute Gasteiger partial charge is 0.375 e. The van der Waals surface area contributed by atoms with Gasteiger partial charge in [-0.05, 0) is 56.9 Å². The molecule has 0 N–H and O–H groups in total. The first kappa shape index (κ1) is 16.3. The van der Waals surface area contributed by atoms with Gasteiger partial charge in [-0.15, -0.1) is 0 Å². The molecule has 1 atom stereocenters. The van der Waals surface area contributed by atoms with Gasteiger partial charge in [-0.2, -0.15) is 5.10 Å². The number of carbonyl (C=O) groups excluding carboxylic acids is 1. The second-order valence-electron chi connectivity index (χ2n) is 6.80. The van der Waals surface area contributed by atoms with Gasteiger partial charge in [0.15, 0.2) is 5.69 Å². The number of nitrogens with zero attached hydrogens (tertiary/aromatic N) is 3. The quantitative estimate of drug-likeness (QED) is 0.842. The van der Waals surface area contributed by atoms with E-state index in [1.807, 2.05) is 16.5 Å². The van der Waals surface area contributed by atoms with Gasteiger partial charge in [0.1, 0.15) is 5.82 Å². The number of fused-ring (bicyclic) bond motifs is 1. The van der Waals surface area contributed by atoms with Crippen molar-refractivity contribution in [2.45, 2.75) is 38.7 Å². The Morgan fingerprint density at radius 3 is 2.76 bits per heavy atom. The standard InChI is InChI=1S/C19H22FN3O2/c1-13-12-22(10-11-25-13)19(24)18-16-4-2-3-5-17(16)23(21-18)15-8-6-14(20)7-9-15/h6-9,13H,2-5,10-12H2,1H3/t13-/m0/s1. The summed E-state index contributed by atoms with van der Waals surface area (Å²) in [6.07, 6.45) is 3.97. The monoisotopic (exact) mass is 343 g/mol. The van der Waals surface area contributed by atoms with Crippen LogP contribution in [0.3, 0.4) is 0 Å². The van der Waals surface area contributed by atoms with Crippen LogP contribution in [0.4, 0.5) is 4.39 Å². The minimum atomic E-state index is -0.275. The third-order valence-corrected chi connectivity index (χ3v) is 4.98. The Bertz CT molecular complexity index is 785. The molecule has 1 aliphatic heterocycles. The fourth-order valence-corrected chi connectivity index (χ4v) is 3.72. The molecule has 2 aliphatic rings. The third kappa shape index (κ3) is 3.06. The van der Waals surface area contributed by atoms with Crippen molar-refractivity contribution in [3.8, 4) is 5.69 Å². The van der Waals surface area contributed by atoms with Crippen molar-refractivity contribution < 1.29 is 13.9 Å². The number of hydrogen-bond donors (Lipinski definition) is 0. The topological polar surface area (TPSA) is 47.4 Å². The van der Waals surface area contributed by atoms with Crippen LogP contribution in [-0.4, -0.2) is 46.4 Å². The minimum absolute atomic E-state index is 0.0193. The zero-order valence-corrected chi connectivity index (χ0v) is 14.4. The molecule has 1 saturated heterocycles. The summed E-state index contributed by atoms with van der Waals surface area (Å²) < 4.78 is 20.6. The molecular weight excluding hydrogens is 321 g/mol. The molecule has 4 rings (SSSR count). The Kier molecular flexibility index (Phi) is 4.29. The van der Waals surface area contributed by atoms with E-state index in [4.69, 9.17) is 4.74 Å². The highest BCUT2D eigenvalue weighted by atomic mass is 19.1. The lowest BCUT2D eigenvalue weighted by Crippen LogP contribution is -2.45. The van der Waals surface area contributed by atoms with Crippen molar-refractivity contribution >= 4 is 5.91 Å². The maximum absolute atomic E-state index is 13.3. The average Bonchev–Trinajstić information content (AvgIpc) is 3.01. The van der Waals surface area contributed by atoms with Crippen LogP contribution in [0.2, 0.25) is 0 Å².